The van der Waals surface area contributed by atoms with Gasteiger partial charge in [0, 0.05) is 11.6 Å². The van der Waals surface area contributed by atoms with Crippen LogP contribution in [-0.4, -0.2) is 11.3 Å². The molecule has 0 atom stereocenters. The van der Waals surface area contributed by atoms with Crippen LogP contribution in [0.15, 0.2) is 69.7 Å². The van der Waals surface area contributed by atoms with Crippen molar-refractivity contribution in [3.63, 3.8) is 0 Å². The highest BCUT2D eigenvalue weighted by Crippen LogP contribution is 2.26. The van der Waals surface area contributed by atoms with Crippen LogP contribution >= 0.6 is 0 Å². The average molecular weight is 371 g/mol. The summed E-state index contributed by atoms with van der Waals surface area (Å²) in [5, 5.41) is 0. The van der Waals surface area contributed by atoms with E-state index in [9.17, 15) is 13.2 Å². The highest BCUT2D eigenvalue weighted by molar-refractivity contribution is 5.81. The van der Waals surface area contributed by atoms with Crippen LogP contribution in [-0.2, 0) is 0 Å². The Labute approximate surface area is 151 Å². The molecular weight excluding hydrogens is 359 g/mol. The van der Waals surface area contributed by atoms with Crippen molar-refractivity contribution in [1.29, 1.82) is 0 Å². The number of furan rings is 1. The molecule has 4 nitrogen and oxygen atoms in total. The molecule has 2 heterocycles. The molecule has 7 heteroatoms. The molecule has 0 spiro atoms. The Hall–Kier alpha value is -3.48. The van der Waals surface area contributed by atoms with Gasteiger partial charge in [0.1, 0.15) is 17.0 Å². The third-order valence-corrected chi connectivity index (χ3v) is 3.72. The molecule has 0 saturated carbocycles. The number of ether oxygens (including phenoxy) is 1. The van der Waals surface area contributed by atoms with Gasteiger partial charge >= 0.3 is 6.36 Å². The van der Waals surface area contributed by atoms with E-state index in [0.717, 1.165) is 11.3 Å². The average Bonchev–Trinajstić information content (AvgIpc) is 3.27. The molecule has 0 aliphatic heterocycles. The van der Waals surface area contributed by atoms with Gasteiger partial charge in [-0.3, -0.25) is 0 Å². The fourth-order valence-corrected chi connectivity index (χ4v) is 2.60. The third-order valence-electron chi connectivity index (χ3n) is 3.72. The smallest absolute Gasteiger partial charge is 0.464 e. The van der Waals surface area contributed by atoms with E-state index >= 15 is 0 Å². The van der Waals surface area contributed by atoms with E-state index < -0.39 is 6.36 Å². The predicted molar refractivity (Wildman–Crippen MR) is 93.8 cm³/mol. The summed E-state index contributed by atoms with van der Waals surface area (Å²) >= 11 is 0. The maximum absolute atomic E-state index is 12.3. The van der Waals surface area contributed by atoms with Crippen LogP contribution in [0.2, 0.25) is 0 Å². The summed E-state index contributed by atoms with van der Waals surface area (Å²) in [6.07, 6.45) is 0.0437. The number of halogens is 3. The van der Waals surface area contributed by atoms with Crippen molar-refractivity contribution in [2.45, 2.75) is 6.36 Å². The summed E-state index contributed by atoms with van der Waals surface area (Å²) in [5.41, 5.74) is 2.64. The van der Waals surface area contributed by atoms with Gasteiger partial charge in [-0.15, -0.1) is 13.2 Å². The predicted octanol–water partition coefficient (Wildman–Crippen LogP) is 6.16. The molecule has 0 aliphatic rings. The second-order valence-electron chi connectivity index (χ2n) is 5.67. The van der Waals surface area contributed by atoms with E-state index in [1.54, 1.807) is 36.6 Å². The van der Waals surface area contributed by atoms with Crippen molar-refractivity contribution < 1.29 is 26.7 Å². The van der Waals surface area contributed by atoms with Crippen LogP contribution in [0.4, 0.5) is 13.2 Å². The van der Waals surface area contributed by atoms with Crippen LogP contribution in [0.5, 0.6) is 5.75 Å². The Kier molecular flexibility index (Phi) is 4.19. The molecular formula is C20H12F3NO3. The Bertz CT molecular complexity index is 1100. The SMILES string of the molecule is FC(F)(F)Oc1cccc(/C=C/c2nc3cc(-c4ccco4)ccc3o2)c1. The Morgan fingerprint density at radius 3 is 2.63 bits per heavy atom. The molecule has 2 aromatic carbocycles. The number of nitrogens with zero attached hydrogens (tertiary/aromatic N) is 1. The molecule has 2 aromatic heterocycles. The van der Waals surface area contributed by atoms with Gasteiger partial charge in [0.25, 0.3) is 0 Å². The number of hydrogen-bond donors (Lipinski definition) is 0. The zero-order valence-corrected chi connectivity index (χ0v) is 13.7. The summed E-state index contributed by atoms with van der Waals surface area (Å²) < 4.78 is 51.8. The molecule has 27 heavy (non-hydrogen) atoms. The van der Waals surface area contributed by atoms with Crippen LogP contribution in [0.1, 0.15) is 11.5 Å². The first-order chi connectivity index (χ1) is 13.0. The molecule has 136 valence electrons. The fourth-order valence-electron chi connectivity index (χ4n) is 2.60. The van der Waals surface area contributed by atoms with E-state index in [2.05, 4.69) is 9.72 Å². The highest BCUT2D eigenvalue weighted by atomic mass is 19.4. The minimum absolute atomic E-state index is 0.287. The topological polar surface area (TPSA) is 48.4 Å². The third kappa shape index (κ3) is 4.03. The monoisotopic (exact) mass is 371 g/mol. The van der Waals surface area contributed by atoms with Crippen molar-refractivity contribution in [1.82, 2.24) is 4.98 Å². The fraction of sp³-hybridized carbons (Fsp3) is 0.0500. The largest absolute Gasteiger partial charge is 0.573 e. The maximum Gasteiger partial charge on any atom is 0.573 e. The lowest BCUT2D eigenvalue weighted by atomic mass is 10.1. The Morgan fingerprint density at radius 2 is 1.85 bits per heavy atom. The van der Waals surface area contributed by atoms with E-state index in [1.807, 2.05) is 18.2 Å². The van der Waals surface area contributed by atoms with E-state index in [1.165, 1.54) is 18.2 Å². The molecule has 0 N–H and O–H groups in total. The first kappa shape index (κ1) is 17.0. The molecule has 0 aliphatic carbocycles. The number of oxazole rings is 1. The van der Waals surface area contributed by atoms with Crippen molar-refractivity contribution in [2.24, 2.45) is 0 Å². The quantitative estimate of drug-likeness (QED) is 0.431. The van der Waals surface area contributed by atoms with E-state index in [0.29, 0.717) is 22.6 Å². The first-order valence-corrected chi connectivity index (χ1v) is 7.95. The van der Waals surface area contributed by atoms with Crippen molar-refractivity contribution in [2.75, 3.05) is 0 Å². The normalized spacial score (nSPS) is 12.1. The molecule has 4 aromatic rings. The zero-order valence-electron chi connectivity index (χ0n) is 13.7. The molecule has 0 unspecified atom stereocenters. The number of fused-ring (bicyclic) bond motifs is 1. The second-order valence-corrected chi connectivity index (χ2v) is 5.67. The lowest BCUT2D eigenvalue weighted by Gasteiger charge is -2.08. The van der Waals surface area contributed by atoms with Gasteiger partial charge in [0.2, 0.25) is 5.89 Å². The van der Waals surface area contributed by atoms with Crippen LogP contribution in [0.3, 0.4) is 0 Å². The number of hydrogen-bond acceptors (Lipinski definition) is 4. The van der Waals surface area contributed by atoms with E-state index in [4.69, 9.17) is 8.83 Å². The summed E-state index contributed by atoms with van der Waals surface area (Å²) in [6.45, 7) is 0. The Balaban J connectivity index is 1.57. The van der Waals surface area contributed by atoms with Gasteiger partial charge in [-0.2, -0.15) is 0 Å². The van der Waals surface area contributed by atoms with Crippen LogP contribution in [0.25, 0.3) is 34.6 Å². The minimum Gasteiger partial charge on any atom is -0.464 e. The van der Waals surface area contributed by atoms with Crippen molar-refractivity contribution >= 4 is 23.3 Å². The molecule has 0 saturated heterocycles. The van der Waals surface area contributed by atoms with Gasteiger partial charge < -0.3 is 13.6 Å². The summed E-state index contributed by atoms with van der Waals surface area (Å²) in [5.74, 6) is 0.771. The van der Waals surface area contributed by atoms with Gasteiger partial charge in [0.15, 0.2) is 5.58 Å². The maximum atomic E-state index is 12.3. The lowest BCUT2D eigenvalue weighted by molar-refractivity contribution is -0.274. The lowest BCUT2D eigenvalue weighted by Crippen LogP contribution is -2.17. The molecule has 0 bridgehead atoms. The second kappa shape index (κ2) is 6.68. The van der Waals surface area contributed by atoms with Gasteiger partial charge in [-0.25, -0.2) is 4.98 Å². The number of alkyl halides is 3. The molecule has 0 amide bonds. The van der Waals surface area contributed by atoms with Gasteiger partial charge in [-0.1, -0.05) is 12.1 Å². The Morgan fingerprint density at radius 1 is 0.963 bits per heavy atom. The first-order valence-electron chi connectivity index (χ1n) is 7.95. The van der Waals surface area contributed by atoms with Crippen molar-refractivity contribution in [3.8, 4) is 17.1 Å². The van der Waals surface area contributed by atoms with E-state index in [-0.39, 0.29) is 5.75 Å². The van der Waals surface area contributed by atoms with Crippen molar-refractivity contribution in [3.05, 3.63) is 72.3 Å². The summed E-state index contributed by atoms with van der Waals surface area (Å²) in [6, 6.07) is 14.8. The summed E-state index contributed by atoms with van der Waals surface area (Å²) in [4.78, 5) is 4.37. The van der Waals surface area contributed by atoms with Crippen LogP contribution in [0, 0.1) is 0 Å². The molecule has 0 radical (unpaired) electrons. The summed E-state index contributed by atoms with van der Waals surface area (Å²) in [7, 11) is 0. The zero-order chi connectivity index (χ0) is 18.9. The number of aromatic nitrogens is 1. The number of benzene rings is 2. The van der Waals surface area contributed by atoms with Crippen LogP contribution < -0.4 is 4.74 Å². The minimum atomic E-state index is -4.73. The number of rotatable bonds is 4. The molecule has 4 rings (SSSR count). The molecule has 0 fully saturated rings. The highest BCUT2D eigenvalue weighted by Gasteiger charge is 2.31. The van der Waals surface area contributed by atoms with Gasteiger partial charge in [-0.05, 0) is 54.1 Å². The standard InChI is InChI=1S/C20H12F3NO3/c21-20(22,23)27-15-4-1-3-13(11-15)6-9-19-24-16-12-14(7-8-18(16)26-19)17-5-2-10-25-17/h1-12H/b9-6+. The van der Waals surface area contributed by atoms with Gasteiger partial charge in [0.05, 0.1) is 6.26 Å².